The third kappa shape index (κ3) is 1.57. The van der Waals surface area contributed by atoms with Gasteiger partial charge in [-0.2, -0.15) is 0 Å². The minimum absolute atomic E-state index is 0.0120. The molecule has 2 aromatic carbocycles. The Labute approximate surface area is 100 Å². The van der Waals surface area contributed by atoms with E-state index in [0.717, 1.165) is 0 Å². The number of nitrogens with zero attached hydrogens (tertiary/aromatic N) is 2. The summed E-state index contributed by atoms with van der Waals surface area (Å²) in [7, 11) is 1.56. The van der Waals surface area contributed by atoms with Gasteiger partial charge in [-0.1, -0.05) is 24.3 Å². The molecule has 17 heavy (non-hydrogen) atoms. The molecule has 0 bridgehead atoms. The zero-order valence-corrected chi connectivity index (χ0v) is 9.86. The molecule has 0 atom stereocenters. The van der Waals surface area contributed by atoms with Crippen molar-refractivity contribution in [3.8, 4) is 0 Å². The molecule has 3 rings (SSSR count). The molecule has 0 aliphatic rings. The summed E-state index contributed by atoms with van der Waals surface area (Å²) in [4.78, 5) is 0.0120. The Hall–Kier alpha value is -1.66. The lowest BCUT2D eigenvalue weighted by molar-refractivity contribution is 0.426. The number of rotatable bonds is 1. The highest BCUT2D eigenvalue weighted by Gasteiger charge is 2.18. The van der Waals surface area contributed by atoms with Gasteiger partial charge in [0.1, 0.15) is 5.52 Å². The van der Waals surface area contributed by atoms with E-state index in [1.165, 1.54) is 6.07 Å². The van der Waals surface area contributed by atoms with Crippen molar-refractivity contribution in [2.24, 2.45) is 0 Å². The van der Waals surface area contributed by atoms with E-state index in [0.29, 0.717) is 21.9 Å². The molecule has 0 spiro atoms. The highest BCUT2D eigenvalue weighted by atomic mass is 35.7. The number of fused-ring (bicyclic) bond motifs is 3. The van der Waals surface area contributed by atoms with Gasteiger partial charge in [-0.05, 0) is 6.07 Å². The van der Waals surface area contributed by atoms with Crippen LogP contribution in [0.15, 0.2) is 39.8 Å². The molecule has 0 fully saturated rings. The van der Waals surface area contributed by atoms with Crippen LogP contribution in [-0.2, 0) is 9.05 Å². The summed E-state index contributed by atoms with van der Waals surface area (Å²) in [6.07, 6.45) is 0. The molecule has 0 unspecified atom stereocenters. The van der Waals surface area contributed by atoms with Crippen LogP contribution in [0.5, 0.6) is 0 Å². The molecular formula is C10H5ClN2O3S. The molecule has 0 N–H and O–H groups in total. The van der Waals surface area contributed by atoms with Crippen molar-refractivity contribution in [2.75, 3.05) is 0 Å². The van der Waals surface area contributed by atoms with Gasteiger partial charge in [-0.15, -0.1) is 5.10 Å². The van der Waals surface area contributed by atoms with E-state index in [2.05, 4.69) is 10.4 Å². The van der Waals surface area contributed by atoms with E-state index in [1.807, 2.05) is 0 Å². The molecule has 0 radical (unpaired) electrons. The first-order valence-electron chi connectivity index (χ1n) is 4.66. The predicted molar refractivity (Wildman–Crippen MR) is 62.3 cm³/mol. The second-order valence-electron chi connectivity index (χ2n) is 3.48. The highest BCUT2D eigenvalue weighted by molar-refractivity contribution is 8.14. The Morgan fingerprint density at radius 3 is 2.59 bits per heavy atom. The van der Waals surface area contributed by atoms with Gasteiger partial charge in [-0.25, -0.2) is 8.42 Å². The topological polar surface area (TPSA) is 73.1 Å². The quantitative estimate of drug-likeness (QED) is 0.633. The van der Waals surface area contributed by atoms with Crippen molar-refractivity contribution in [3.05, 3.63) is 30.3 Å². The van der Waals surface area contributed by atoms with Crippen molar-refractivity contribution >= 4 is 41.6 Å². The first-order chi connectivity index (χ1) is 8.07. The Morgan fingerprint density at radius 2 is 1.88 bits per heavy atom. The Bertz CT molecular complexity index is 826. The summed E-state index contributed by atoms with van der Waals surface area (Å²) >= 11 is 0. The van der Waals surface area contributed by atoms with Crippen LogP contribution in [0.25, 0.3) is 21.9 Å². The molecule has 0 amide bonds. The van der Waals surface area contributed by atoms with Crippen LogP contribution in [0.4, 0.5) is 0 Å². The van der Waals surface area contributed by atoms with E-state index in [9.17, 15) is 8.42 Å². The van der Waals surface area contributed by atoms with Gasteiger partial charge < -0.3 is 4.52 Å². The van der Waals surface area contributed by atoms with E-state index in [4.69, 9.17) is 15.2 Å². The third-order valence-electron chi connectivity index (χ3n) is 2.48. The van der Waals surface area contributed by atoms with Gasteiger partial charge in [0.25, 0.3) is 9.05 Å². The van der Waals surface area contributed by atoms with Crippen LogP contribution >= 0.6 is 10.7 Å². The number of halogens is 1. The second kappa shape index (κ2) is 3.41. The lowest BCUT2D eigenvalue weighted by Crippen LogP contribution is -1.92. The minimum atomic E-state index is -3.84. The first-order valence-corrected chi connectivity index (χ1v) is 6.97. The van der Waals surface area contributed by atoms with Crippen molar-refractivity contribution < 1.29 is 12.9 Å². The van der Waals surface area contributed by atoms with Gasteiger partial charge in [0.2, 0.25) is 0 Å². The van der Waals surface area contributed by atoms with Crippen LogP contribution in [0, 0.1) is 0 Å². The monoisotopic (exact) mass is 268 g/mol. The van der Waals surface area contributed by atoms with Gasteiger partial charge in [0, 0.05) is 26.7 Å². The smallest absolute Gasteiger partial charge is 0.262 e. The lowest BCUT2D eigenvalue weighted by atomic mass is 10.1. The fraction of sp³-hybridized carbons (Fsp3) is 0. The molecule has 86 valence electrons. The van der Waals surface area contributed by atoms with Gasteiger partial charge in [0.15, 0.2) is 5.58 Å². The summed E-state index contributed by atoms with van der Waals surface area (Å²) in [6.45, 7) is 0. The maximum atomic E-state index is 11.5. The van der Waals surface area contributed by atoms with Gasteiger partial charge in [0.05, 0.1) is 4.90 Å². The maximum Gasteiger partial charge on any atom is 0.262 e. The molecule has 1 heterocycles. The molecule has 3 aromatic rings. The number of aromatic nitrogens is 2. The molecule has 0 saturated carbocycles. The van der Waals surface area contributed by atoms with E-state index >= 15 is 0 Å². The highest BCUT2D eigenvalue weighted by Crippen LogP contribution is 2.31. The van der Waals surface area contributed by atoms with Crippen molar-refractivity contribution in [1.29, 1.82) is 0 Å². The average molecular weight is 269 g/mol. The van der Waals surface area contributed by atoms with Crippen molar-refractivity contribution in [3.63, 3.8) is 0 Å². The SMILES string of the molecule is O=S(=O)(Cl)c1cc2nnoc2c2ccccc12. The standard InChI is InChI=1S/C10H5ClN2O3S/c11-17(14,15)9-5-8-10(16-13-12-8)7-4-2-1-3-6(7)9/h1-5H. The second-order valence-corrected chi connectivity index (χ2v) is 6.01. The maximum absolute atomic E-state index is 11.5. The van der Waals surface area contributed by atoms with E-state index in [-0.39, 0.29) is 4.90 Å². The van der Waals surface area contributed by atoms with Crippen LogP contribution in [-0.4, -0.2) is 18.8 Å². The number of hydrogen-bond donors (Lipinski definition) is 0. The fourth-order valence-electron chi connectivity index (χ4n) is 1.78. The Kier molecular flexibility index (Phi) is 2.11. The first kappa shape index (κ1) is 10.5. The molecule has 7 heteroatoms. The zero-order chi connectivity index (χ0) is 12.0. The summed E-state index contributed by atoms with van der Waals surface area (Å²) in [5, 5.41) is 8.23. The molecular weight excluding hydrogens is 264 g/mol. The summed E-state index contributed by atoms with van der Waals surface area (Å²) < 4.78 is 28.0. The largest absolute Gasteiger partial charge is 0.336 e. The van der Waals surface area contributed by atoms with Crippen molar-refractivity contribution in [2.45, 2.75) is 4.90 Å². The zero-order valence-electron chi connectivity index (χ0n) is 8.29. The van der Waals surface area contributed by atoms with Crippen LogP contribution < -0.4 is 0 Å². The summed E-state index contributed by atoms with van der Waals surface area (Å²) in [5.41, 5.74) is 0.813. The molecule has 1 aromatic heterocycles. The molecule has 5 nitrogen and oxygen atoms in total. The molecule has 0 aliphatic heterocycles. The van der Waals surface area contributed by atoms with Crippen LogP contribution in [0.1, 0.15) is 0 Å². The lowest BCUT2D eigenvalue weighted by Gasteiger charge is -2.02. The Balaban J connectivity index is 2.64. The van der Waals surface area contributed by atoms with Crippen LogP contribution in [0.2, 0.25) is 0 Å². The third-order valence-corrected chi connectivity index (χ3v) is 3.84. The van der Waals surface area contributed by atoms with E-state index < -0.39 is 9.05 Å². The summed E-state index contributed by atoms with van der Waals surface area (Å²) in [5.74, 6) is 0. The number of benzene rings is 2. The van der Waals surface area contributed by atoms with Crippen LogP contribution in [0.3, 0.4) is 0 Å². The van der Waals surface area contributed by atoms with E-state index in [1.54, 1.807) is 24.3 Å². The van der Waals surface area contributed by atoms with Gasteiger partial charge >= 0.3 is 0 Å². The normalized spacial score (nSPS) is 12.3. The molecule has 0 saturated heterocycles. The number of hydrogen-bond acceptors (Lipinski definition) is 5. The summed E-state index contributed by atoms with van der Waals surface area (Å²) in [6, 6.07) is 8.25. The minimum Gasteiger partial charge on any atom is -0.336 e. The predicted octanol–water partition coefficient (Wildman–Crippen LogP) is 2.30. The molecule has 0 aliphatic carbocycles. The Morgan fingerprint density at radius 1 is 1.18 bits per heavy atom. The fourth-order valence-corrected chi connectivity index (χ4v) is 2.85. The van der Waals surface area contributed by atoms with Gasteiger partial charge in [-0.3, -0.25) is 0 Å². The average Bonchev–Trinajstić information content (AvgIpc) is 2.74. The van der Waals surface area contributed by atoms with Crippen molar-refractivity contribution in [1.82, 2.24) is 10.4 Å².